The van der Waals surface area contributed by atoms with Crippen molar-refractivity contribution in [3.63, 3.8) is 0 Å². The molecule has 2 aromatic heterocycles. The van der Waals surface area contributed by atoms with Crippen LogP contribution in [0.2, 0.25) is 0 Å². The molecular weight excluding hydrogens is 320 g/mol. The number of carbonyl (C=O) groups is 1. The van der Waals surface area contributed by atoms with Crippen molar-refractivity contribution in [1.82, 2.24) is 19.7 Å². The van der Waals surface area contributed by atoms with E-state index < -0.39 is 0 Å². The van der Waals surface area contributed by atoms with Crippen molar-refractivity contribution in [2.24, 2.45) is 0 Å². The molecule has 4 heterocycles. The molecule has 2 bridgehead atoms. The maximum atomic E-state index is 13.1. The maximum absolute atomic E-state index is 13.1. The van der Waals surface area contributed by atoms with Crippen LogP contribution < -0.4 is 0 Å². The number of piperidine rings is 1. The van der Waals surface area contributed by atoms with Gasteiger partial charge in [-0.1, -0.05) is 18.2 Å². The van der Waals surface area contributed by atoms with Gasteiger partial charge in [-0.15, -0.1) is 11.3 Å². The summed E-state index contributed by atoms with van der Waals surface area (Å²) in [5.74, 6) is 0.209. The Morgan fingerprint density at radius 2 is 1.92 bits per heavy atom. The van der Waals surface area contributed by atoms with Gasteiger partial charge in [0.25, 0.3) is 5.91 Å². The average Bonchev–Trinajstić information content (AvgIpc) is 3.32. The third-order valence-corrected chi connectivity index (χ3v) is 6.49. The van der Waals surface area contributed by atoms with Gasteiger partial charge in [0.05, 0.1) is 10.9 Å². The Morgan fingerprint density at radius 1 is 1.12 bits per heavy atom. The van der Waals surface area contributed by atoms with Crippen LogP contribution in [0.3, 0.4) is 0 Å². The van der Waals surface area contributed by atoms with Crippen LogP contribution in [0.5, 0.6) is 0 Å². The maximum Gasteiger partial charge on any atom is 0.264 e. The minimum Gasteiger partial charge on any atom is -0.332 e. The summed E-state index contributed by atoms with van der Waals surface area (Å²) >= 11 is 1.61. The number of hydrogen-bond donors (Lipinski definition) is 0. The van der Waals surface area contributed by atoms with E-state index in [-0.39, 0.29) is 5.91 Å². The molecule has 2 aliphatic heterocycles. The van der Waals surface area contributed by atoms with Crippen LogP contribution in [0.4, 0.5) is 0 Å². The molecule has 0 spiro atoms. The Morgan fingerprint density at radius 3 is 2.62 bits per heavy atom. The smallest absolute Gasteiger partial charge is 0.264 e. The molecular formula is C18H18N4OS. The first-order valence-corrected chi connectivity index (χ1v) is 9.26. The molecule has 2 unspecified atom stereocenters. The number of thiophene rings is 1. The van der Waals surface area contributed by atoms with Crippen molar-refractivity contribution in [1.29, 1.82) is 0 Å². The van der Waals surface area contributed by atoms with Crippen LogP contribution in [0.1, 0.15) is 41.4 Å². The third kappa shape index (κ3) is 2.17. The quantitative estimate of drug-likeness (QED) is 0.718. The molecule has 0 aliphatic carbocycles. The Labute approximate surface area is 143 Å². The summed E-state index contributed by atoms with van der Waals surface area (Å²) in [6, 6.07) is 11.3. The summed E-state index contributed by atoms with van der Waals surface area (Å²) in [6.45, 7) is 0. The van der Waals surface area contributed by atoms with Gasteiger partial charge in [-0.05, 0) is 43.2 Å². The summed E-state index contributed by atoms with van der Waals surface area (Å²) in [4.78, 5) is 20.2. The van der Waals surface area contributed by atoms with Crippen LogP contribution >= 0.6 is 11.3 Å². The zero-order chi connectivity index (χ0) is 16.1. The molecule has 0 N–H and O–H groups in total. The summed E-state index contributed by atoms with van der Waals surface area (Å²) in [5, 5.41) is 5.46. The molecule has 0 saturated carbocycles. The second kappa shape index (κ2) is 5.41. The molecule has 1 amide bonds. The van der Waals surface area contributed by atoms with Gasteiger partial charge in [0.1, 0.15) is 12.7 Å². The Kier molecular flexibility index (Phi) is 3.19. The molecule has 122 valence electrons. The first-order valence-electron chi connectivity index (χ1n) is 8.45. The summed E-state index contributed by atoms with van der Waals surface area (Å²) in [7, 11) is 0. The van der Waals surface area contributed by atoms with Crippen molar-refractivity contribution in [2.75, 3.05) is 0 Å². The topological polar surface area (TPSA) is 51.0 Å². The number of carbonyl (C=O) groups excluding carboxylic acids is 1. The number of benzene rings is 1. The number of fused-ring (bicyclic) bond motifs is 3. The lowest BCUT2D eigenvalue weighted by atomic mass is 9.97. The molecule has 2 atom stereocenters. The van der Waals surface area contributed by atoms with E-state index in [0.29, 0.717) is 18.1 Å². The van der Waals surface area contributed by atoms with Gasteiger partial charge < -0.3 is 4.90 Å². The highest BCUT2D eigenvalue weighted by molar-refractivity contribution is 7.20. The first-order chi connectivity index (χ1) is 11.8. The van der Waals surface area contributed by atoms with Crippen LogP contribution in [0, 0.1) is 0 Å². The predicted molar refractivity (Wildman–Crippen MR) is 93.1 cm³/mol. The molecule has 3 aromatic rings. The van der Waals surface area contributed by atoms with Gasteiger partial charge in [0.15, 0.2) is 0 Å². The third-order valence-electron chi connectivity index (χ3n) is 5.39. The number of rotatable bonds is 2. The summed E-state index contributed by atoms with van der Waals surface area (Å²) < 4.78 is 3.15. The van der Waals surface area contributed by atoms with Gasteiger partial charge in [-0.2, -0.15) is 5.10 Å². The van der Waals surface area contributed by atoms with Crippen molar-refractivity contribution < 1.29 is 4.79 Å². The van der Waals surface area contributed by atoms with Gasteiger partial charge in [-0.25, -0.2) is 9.67 Å². The number of hydrogen-bond acceptors (Lipinski definition) is 4. The van der Waals surface area contributed by atoms with Gasteiger partial charge >= 0.3 is 0 Å². The zero-order valence-corrected chi connectivity index (χ0v) is 14.0. The lowest BCUT2D eigenvalue weighted by Crippen LogP contribution is -2.46. The van der Waals surface area contributed by atoms with Crippen molar-refractivity contribution in [3.8, 4) is 0 Å². The van der Waals surface area contributed by atoms with Crippen LogP contribution in [0.15, 0.2) is 43.0 Å². The van der Waals surface area contributed by atoms with Gasteiger partial charge in [0.2, 0.25) is 0 Å². The van der Waals surface area contributed by atoms with Crippen molar-refractivity contribution in [3.05, 3.63) is 47.9 Å². The molecule has 0 radical (unpaired) electrons. The average molecular weight is 338 g/mol. The highest BCUT2D eigenvalue weighted by Crippen LogP contribution is 2.42. The van der Waals surface area contributed by atoms with E-state index in [1.165, 1.54) is 4.70 Å². The molecule has 24 heavy (non-hydrogen) atoms. The lowest BCUT2D eigenvalue weighted by molar-refractivity contribution is 0.0529. The van der Waals surface area contributed by atoms with E-state index in [0.717, 1.165) is 35.9 Å². The molecule has 5 rings (SSSR count). The van der Waals surface area contributed by atoms with E-state index in [1.54, 1.807) is 24.0 Å². The van der Waals surface area contributed by atoms with Gasteiger partial charge in [0, 0.05) is 16.8 Å². The van der Waals surface area contributed by atoms with Crippen LogP contribution in [-0.2, 0) is 0 Å². The molecule has 1 aromatic carbocycles. The Hall–Kier alpha value is -2.21. The number of aromatic nitrogens is 3. The van der Waals surface area contributed by atoms with Crippen molar-refractivity contribution in [2.45, 2.75) is 43.8 Å². The van der Waals surface area contributed by atoms with E-state index in [2.05, 4.69) is 27.1 Å². The monoisotopic (exact) mass is 338 g/mol. The highest BCUT2D eigenvalue weighted by atomic mass is 32.1. The van der Waals surface area contributed by atoms with E-state index in [1.807, 2.05) is 22.9 Å². The Bertz CT molecular complexity index is 840. The fourth-order valence-electron chi connectivity index (χ4n) is 4.32. The first kappa shape index (κ1) is 14.2. The summed E-state index contributed by atoms with van der Waals surface area (Å²) in [5.41, 5.74) is 0. The lowest BCUT2D eigenvalue weighted by Gasteiger charge is -2.38. The van der Waals surface area contributed by atoms with E-state index >= 15 is 0 Å². The van der Waals surface area contributed by atoms with Crippen LogP contribution in [-0.4, -0.2) is 37.7 Å². The van der Waals surface area contributed by atoms with Crippen LogP contribution in [0.25, 0.3) is 10.1 Å². The van der Waals surface area contributed by atoms with E-state index in [9.17, 15) is 4.79 Å². The molecule has 6 heteroatoms. The molecule has 2 aliphatic rings. The standard InChI is InChI=1S/C18H18N4OS/c23-18(17-7-12-3-1-2-4-16(12)24-17)22-13-5-6-14(22)9-15(8-13)21-11-19-10-20-21/h1-4,7,10-11,13-15H,5-6,8-9H2. The largest absolute Gasteiger partial charge is 0.332 e. The minimum absolute atomic E-state index is 0.209. The zero-order valence-electron chi connectivity index (χ0n) is 13.2. The molecule has 2 fully saturated rings. The fraction of sp³-hybridized carbons (Fsp3) is 0.389. The second-order valence-corrected chi connectivity index (χ2v) is 7.83. The van der Waals surface area contributed by atoms with E-state index in [4.69, 9.17) is 0 Å². The molecule has 2 saturated heterocycles. The predicted octanol–water partition coefficient (Wildman–Crippen LogP) is 3.50. The molecule has 5 nitrogen and oxygen atoms in total. The number of amides is 1. The van der Waals surface area contributed by atoms with Crippen molar-refractivity contribution >= 4 is 27.3 Å². The number of nitrogens with zero attached hydrogens (tertiary/aromatic N) is 4. The Balaban J connectivity index is 1.42. The normalized spacial score (nSPS) is 26.2. The SMILES string of the molecule is O=C(c1cc2ccccc2s1)N1C2CCC1CC(n1cncn1)C2. The second-order valence-electron chi connectivity index (χ2n) is 6.75. The van der Waals surface area contributed by atoms with Gasteiger partial charge in [-0.3, -0.25) is 4.79 Å². The fourth-order valence-corrected chi connectivity index (χ4v) is 5.32. The summed E-state index contributed by atoms with van der Waals surface area (Å²) in [6.07, 6.45) is 7.57. The highest BCUT2D eigenvalue weighted by Gasteiger charge is 2.44. The minimum atomic E-state index is 0.209.